The van der Waals surface area contributed by atoms with Crippen LogP contribution in [0.4, 0.5) is 13.2 Å². The van der Waals surface area contributed by atoms with Crippen LogP contribution in [0.1, 0.15) is 51.9 Å². The number of carbonyl (C=O) groups excluding carboxylic acids is 1. The quantitative estimate of drug-likeness (QED) is 0.636. The molecule has 136 valence electrons. The van der Waals surface area contributed by atoms with Crippen LogP contribution in [0, 0.1) is 5.92 Å². The normalized spacial score (nSPS) is 21.2. The molecule has 1 heterocycles. The van der Waals surface area contributed by atoms with E-state index in [0.717, 1.165) is 45.1 Å². The number of likely N-dealkylation sites (tertiary alicyclic amines) is 1. The molecule has 23 heavy (non-hydrogen) atoms. The lowest BCUT2D eigenvalue weighted by Gasteiger charge is -2.33. The van der Waals surface area contributed by atoms with Gasteiger partial charge in [0, 0.05) is 13.1 Å². The number of nitrogens with one attached hydrogen (secondary N) is 1. The van der Waals surface area contributed by atoms with Gasteiger partial charge in [0.2, 0.25) is 5.91 Å². The van der Waals surface area contributed by atoms with Crippen LogP contribution in [0.15, 0.2) is 0 Å². The van der Waals surface area contributed by atoms with Crippen LogP contribution in [0.25, 0.3) is 0 Å². The van der Waals surface area contributed by atoms with Gasteiger partial charge in [-0.2, -0.15) is 13.2 Å². The number of carbonyl (C=O) groups is 1. The van der Waals surface area contributed by atoms with Crippen LogP contribution in [0.3, 0.4) is 0 Å². The summed E-state index contributed by atoms with van der Waals surface area (Å²) in [5.74, 6) is -0.956. The number of aliphatic hydroxyl groups is 1. The number of hydrogen-bond acceptors (Lipinski definition) is 3. The van der Waals surface area contributed by atoms with E-state index >= 15 is 0 Å². The molecule has 0 radical (unpaired) electrons. The number of halogens is 3. The molecular weight excluding hydrogens is 309 g/mol. The smallest absolute Gasteiger partial charge is 0.392 e. The molecule has 0 spiro atoms. The molecule has 0 aliphatic carbocycles. The van der Waals surface area contributed by atoms with E-state index in [4.69, 9.17) is 0 Å². The fraction of sp³-hybridized carbons (Fsp3) is 0.938. The van der Waals surface area contributed by atoms with Crippen molar-refractivity contribution in [2.45, 2.75) is 64.1 Å². The topological polar surface area (TPSA) is 52.6 Å². The summed E-state index contributed by atoms with van der Waals surface area (Å²) >= 11 is 0. The van der Waals surface area contributed by atoms with Crippen molar-refractivity contribution in [3.8, 4) is 0 Å². The predicted octanol–water partition coefficient (Wildman–Crippen LogP) is 2.71. The van der Waals surface area contributed by atoms with Crippen LogP contribution in [-0.2, 0) is 4.79 Å². The van der Waals surface area contributed by atoms with Gasteiger partial charge in [-0.25, -0.2) is 0 Å². The van der Waals surface area contributed by atoms with Crippen molar-refractivity contribution in [1.82, 2.24) is 10.2 Å². The maximum Gasteiger partial charge on any atom is 0.405 e. The number of rotatable bonds is 9. The molecule has 2 atom stereocenters. The maximum atomic E-state index is 12.1. The van der Waals surface area contributed by atoms with Gasteiger partial charge in [-0.05, 0) is 25.8 Å². The fourth-order valence-electron chi connectivity index (χ4n) is 2.96. The second-order valence-electron chi connectivity index (χ2n) is 6.43. The Morgan fingerprint density at radius 3 is 2.74 bits per heavy atom. The number of β-amino-alcohol motifs (C(OH)–C–C–N with tert-alkyl or cyclic N) is 1. The minimum atomic E-state index is -4.38. The van der Waals surface area contributed by atoms with Crippen molar-refractivity contribution in [3.05, 3.63) is 0 Å². The molecule has 1 rings (SSSR count). The first-order chi connectivity index (χ1) is 10.8. The van der Waals surface area contributed by atoms with Gasteiger partial charge in [-0.1, -0.05) is 32.6 Å². The number of hydrogen-bond donors (Lipinski definition) is 2. The van der Waals surface area contributed by atoms with Crippen LogP contribution in [-0.4, -0.2) is 54.4 Å². The summed E-state index contributed by atoms with van der Waals surface area (Å²) in [7, 11) is 0. The zero-order chi connectivity index (χ0) is 17.3. The highest BCUT2D eigenvalue weighted by molar-refractivity contribution is 5.79. The molecule has 1 aliphatic heterocycles. The Morgan fingerprint density at radius 1 is 1.35 bits per heavy atom. The molecule has 4 nitrogen and oxygen atoms in total. The highest BCUT2D eigenvalue weighted by Gasteiger charge is 2.31. The third-order valence-corrected chi connectivity index (χ3v) is 4.20. The first-order valence-corrected chi connectivity index (χ1v) is 8.56. The summed E-state index contributed by atoms with van der Waals surface area (Å²) < 4.78 is 36.4. The van der Waals surface area contributed by atoms with Crippen molar-refractivity contribution < 1.29 is 23.1 Å². The third-order valence-electron chi connectivity index (χ3n) is 4.20. The van der Waals surface area contributed by atoms with Gasteiger partial charge in [0.25, 0.3) is 0 Å². The summed E-state index contributed by atoms with van der Waals surface area (Å²) in [5, 5.41) is 12.0. The molecule has 0 bridgehead atoms. The Morgan fingerprint density at radius 2 is 2.09 bits per heavy atom. The van der Waals surface area contributed by atoms with Crippen molar-refractivity contribution in [3.63, 3.8) is 0 Å². The third kappa shape index (κ3) is 9.15. The minimum absolute atomic E-state index is 0.418. The van der Waals surface area contributed by atoms with Gasteiger partial charge in [0.1, 0.15) is 6.54 Å². The van der Waals surface area contributed by atoms with Crippen molar-refractivity contribution >= 4 is 5.91 Å². The Bertz CT molecular complexity index is 351. The molecule has 0 saturated carbocycles. The summed E-state index contributed by atoms with van der Waals surface area (Å²) in [4.78, 5) is 13.8. The van der Waals surface area contributed by atoms with Crippen LogP contribution >= 0.6 is 0 Å². The van der Waals surface area contributed by atoms with Gasteiger partial charge in [0.15, 0.2) is 0 Å². The summed E-state index contributed by atoms with van der Waals surface area (Å²) in [6.07, 6.45) is 1.71. The average Bonchev–Trinajstić information content (AvgIpc) is 2.49. The Kier molecular flexibility index (Phi) is 8.91. The number of alkyl halides is 3. The van der Waals surface area contributed by atoms with Gasteiger partial charge < -0.3 is 10.4 Å². The molecule has 0 aromatic heterocycles. The van der Waals surface area contributed by atoms with E-state index in [1.54, 1.807) is 0 Å². The summed E-state index contributed by atoms with van der Waals surface area (Å²) in [5.41, 5.74) is 0. The zero-order valence-corrected chi connectivity index (χ0v) is 13.9. The number of unbranched alkanes of at least 4 members (excludes halogenated alkanes) is 3. The number of piperidine rings is 1. The highest BCUT2D eigenvalue weighted by Crippen LogP contribution is 2.19. The van der Waals surface area contributed by atoms with Gasteiger partial charge in [-0.15, -0.1) is 0 Å². The number of nitrogens with zero attached hydrogens (tertiary/aromatic N) is 1. The molecule has 1 amide bonds. The molecule has 2 N–H and O–H groups in total. The second-order valence-corrected chi connectivity index (χ2v) is 6.43. The monoisotopic (exact) mass is 338 g/mol. The van der Waals surface area contributed by atoms with E-state index in [0.29, 0.717) is 19.5 Å². The van der Waals surface area contributed by atoms with E-state index in [9.17, 15) is 23.1 Å². The van der Waals surface area contributed by atoms with E-state index < -0.39 is 30.7 Å². The first kappa shape index (κ1) is 20.2. The summed E-state index contributed by atoms with van der Waals surface area (Å²) in [6.45, 7) is 2.57. The summed E-state index contributed by atoms with van der Waals surface area (Å²) in [6, 6.07) is 0. The molecule has 2 unspecified atom stereocenters. The molecule has 7 heteroatoms. The molecule has 0 aromatic carbocycles. The van der Waals surface area contributed by atoms with E-state index in [1.807, 2.05) is 10.2 Å². The molecule has 1 fully saturated rings. The van der Waals surface area contributed by atoms with Gasteiger partial charge in [0.05, 0.1) is 12.0 Å². The Labute approximate surface area is 136 Å². The molecular formula is C16H29F3N2O2. The second kappa shape index (κ2) is 10.1. The van der Waals surface area contributed by atoms with Crippen molar-refractivity contribution in [1.29, 1.82) is 0 Å². The van der Waals surface area contributed by atoms with Gasteiger partial charge >= 0.3 is 6.18 Å². The van der Waals surface area contributed by atoms with E-state index in [-0.39, 0.29) is 0 Å². The van der Waals surface area contributed by atoms with E-state index in [1.165, 1.54) is 0 Å². The molecule has 0 aromatic rings. The lowest BCUT2D eigenvalue weighted by atomic mass is 9.96. The molecule has 1 saturated heterocycles. The lowest BCUT2D eigenvalue weighted by Crippen LogP contribution is -2.46. The Balaban J connectivity index is 2.29. The van der Waals surface area contributed by atoms with Crippen LogP contribution in [0.2, 0.25) is 0 Å². The maximum absolute atomic E-state index is 12.1. The minimum Gasteiger partial charge on any atom is -0.392 e. The number of amides is 1. The SMILES string of the molecule is CCCCCCC(O)CN1CCCC(C(=O)NCC(F)(F)F)C1. The zero-order valence-electron chi connectivity index (χ0n) is 13.9. The first-order valence-electron chi connectivity index (χ1n) is 8.56. The van der Waals surface area contributed by atoms with Crippen molar-refractivity contribution in [2.24, 2.45) is 5.92 Å². The average molecular weight is 338 g/mol. The fourth-order valence-corrected chi connectivity index (χ4v) is 2.96. The number of aliphatic hydroxyl groups excluding tert-OH is 1. The van der Waals surface area contributed by atoms with Crippen molar-refractivity contribution in [2.75, 3.05) is 26.2 Å². The van der Waals surface area contributed by atoms with Gasteiger partial charge in [-0.3, -0.25) is 9.69 Å². The largest absolute Gasteiger partial charge is 0.405 e. The Hall–Kier alpha value is -0.820. The highest BCUT2D eigenvalue weighted by atomic mass is 19.4. The van der Waals surface area contributed by atoms with Crippen LogP contribution < -0.4 is 5.32 Å². The standard InChI is InChI=1S/C16H29F3N2O2/c1-2-3-4-5-8-14(22)11-21-9-6-7-13(10-21)15(23)20-12-16(17,18)19/h13-14,22H,2-12H2,1H3,(H,20,23). The van der Waals surface area contributed by atoms with Crippen LogP contribution in [0.5, 0.6) is 0 Å². The lowest BCUT2D eigenvalue weighted by molar-refractivity contribution is -0.141. The molecule has 1 aliphatic rings. The van der Waals surface area contributed by atoms with E-state index in [2.05, 4.69) is 6.92 Å². The predicted molar refractivity (Wildman–Crippen MR) is 83.0 cm³/mol.